The normalized spacial score (nSPS) is 14.2. The fourth-order valence-corrected chi connectivity index (χ4v) is 0. The maximum atomic E-state index is 10.6. The smallest absolute Gasteiger partial charge is 0.244 e. The van der Waals surface area contributed by atoms with E-state index in [4.69, 9.17) is 1.43 Å². The average molecular weight is 103 g/mol. The molecular formula is CHF3O2. The van der Waals surface area contributed by atoms with E-state index in [1.54, 1.807) is 0 Å². The molecule has 0 atom stereocenters. The Bertz CT molecular complexity index is 51.4. The van der Waals surface area contributed by atoms with Crippen molar-refractivity contribution in [2.45, 2.75) is 6.36 Å². The van der Waals surface area contributed by atoms with E-state index in [2.05, 4.69) is 10.1 Å². The van der Waals surface area contributed by atoms with Crippen LogP contribution in [0.4, 0.5) is 13.2 Å². The van der Waals surface area contributed by atoms with Crippen LogP contribution in [0, 0.1) is 0 Å². The molecule has 0 bridgehead atoms. The fourth-order valence-electron chi connectivity index (χ4n) is 0. The molecular weight excluding hydrogens is 101 g/mol. The van der Waals surface area contributed by atoms with Gasteiger partial charge in [-0.25, -0.2) is 5.26 Å². The van der Waals surface area contributed by atoms with Gasteiger partial charge in [-0.3, -0.25) is 0 Å². The zero-order chi connectivity index (χ0) is 5.91. The molecule has 0 amide bonds. The van der Waals surface area contributed by atoms with Crippen LogP contribution in [-0.4, -0.2) is 11.6 Å². The Balaban J connectivity index is 3.15. The molecule has 0 saturated heterocycles. The average Bonchev–Trinajstić information content (AvgIpc) is 1.30. The highest BCUT2D eigenvalue weighted by molar-refractivity contribution is 4.10. The molecule has 0 rings (SSSR count). The van der Waals surface area contributed by atoms with Crippen molar-refractivity contribution in [3.63, 3.8) is 0 Å². The van der Waals surface area contributed by atoms with Gasteiger partial charge >= 0.3 is 6.36 Å². The third kappa shape index (κ3) is 3.71. The van der Waals surface area contributed by atoms with Crippen LogP contribution in [0.2, 0.25) is 0 Å². The van der Waals surface area contributed by atoms with Crippen LogP contribution in [0.5, 0.6) is 0 Å². The van der Waals surface area contributed by atoms with Gasteiger partial charge in [-0.1, -0.05) is 0 Å². The Morgan fingerprint density at radius 2 is 2.17 bits per heavy atom. The highest BCUT2D eigenvalue weighted by Gasteiger charge is 2.28. The van der Waals surface area contributed by atoms with Gasteiger partial charge in [0, 0.05) is 0 Å². The Morgan fingerprint density at radius 3 is 2.17 bits per heavy atom. The lowest BCUT2D eigenvalue weighted by atomic mass is 11.4. The topological polar surface area (TPSA) is 29.5 Å². The first kappa shape index (κ1) is 3.89. The van der Waals surface area contributed by atoms with Crippen molar-refractivity contribution >= 4 is 0 Å². The highest BCUT2D eigenvalue weighted by atomic mass is 19.4. The number of rotatable bonds is 1. The number of hydrogen-bond acceptors (Lipinski definition) is 2. The van der Waals surface area contributed by atoms with E-state index in [1.165, 1.54) is 0 Å². The third-order valence-electron chi connectivity index (χ3n) is 0.0945. The van der Waals surface area contributed by atoms with Crippen molar-refractivity contribution in [1.29, 1.82) is 1.43 Å². The molecule has 5 heteroatoms. The van der Waals surface area contributed by atoms with Gasteiger partial charge in [-0.2, -0.15) is 0 Å². The molecule has 0 aromatic carbocycles. The summed E-state index contributed by atoms with van der Waals surface area (Å²) >= 11 is 0. The minimum absolute atomic E-state index is 2.40. The van der Waals surface area contributed by atoms with Crippen LogP contribution in [0.1, 0.15) is 0 Å². The van der Waals surface area contributed by atoms with E-state index in [0.29, 0.717) is 0 Å². The van der Waals surface area contributed by atoms with Crippen molar-refractivity contribution in [1.82, 2.24) is 0 Å². The predicted molar refractivity (Wildman–Crippen MR) is 9.77 cm³/mol. The monoisotopic (exact) mass is 103 g/mol. The second kappa shape index (κ2) is 1.44. The molecule has 0 saturated carbocycles. The molecule has 0 aliphatic carbocycles. The lowest BCUT2D eigenvalue weighted by Gasteiger charge is -1.94. The maximum absolute atomic E-state index is 10.6. The molecule has 38 valence electrons. The molecule has 1 N–H and O–H groups in total. The molecule has 0 unspecified atom stereocenters. The van der Waals surface area contributed by atoms with E-state index in [0.717, 1.165) is 0 Å². The summed E-state index contributed by atoms with van der Waals surface area (Å²) in [6.45, 7) is 0. The lowest BCUT2D eigenvalue weighted by Crippen LogP contribution is -2.09. The zero-order valence-corrected chi connectivity index (χ0v) is 2.45. The van der Waals surface area contributed by atoms with Crippen molar-refractivity contribution < 1.29 is 23.3 Å². The van der Waals surface area contributed by atoms with Gasteiger partial charge in [0.25, 0.3) is 1.43 Å². The van der Waals surface area contributed by atoms with Crippen LogP contribution in [0.3, 0.4) is 0 Å². The van der Waals surface area contributed by atoms with E-state index in [1.807, 2.05) is 0 Å². The summed E-state index contributed by atoms with van der Waals surface area (Å²) in [5.41, 5.74) is 0. The first-order valence-corrected chi connectivity index (χ1v) is 0.938. The highest BCUT2D eigenvalue weighted by Crippen LogP contribution is 2.12. The molecule has 2 nitrogen and oxygen atoms in total. The fraction of sp³-hybridized carbons (Fsp3) is 1.00. The standard InChI is InChI=1S/CHF3O2/c2-1(3,4)6-5/h5H/i/hD. The van der Waals surface area contributed by atoms with Crippen molar-refractivity contribution in [2.75, 3.05) is 0 Å². The summed E-state index contributed by atoms with van der Waals surface area (Å²) in [6, 6.07) is 0. The Morgan fingerprint density at radius 1 is 1.67 bits per heavy atom. The summed E-state index contributed by atoms with van der Waals surface area (Å²) in [5.74, 6) is 0. The largest absolute Gasteiger partial charge is 0.549 e. The van der Waals surface area contributed by atoms with Crippen molar-refractivity contribution in [2.24, 2.45) is 0 Å². The maximum Gasteiger partial charge on any atom is 0.549 e. The van der Waals surface area contributed by atoms with Crippen molar-refractivity contribution in [3.8, 4) is 0 Å². The Hall–Kier alpha value is -0.290. The Labute approximate surface area is 32.6 Å². The second-order valence-corrected chi connectivity index (χ2v) is 0.529. The van der Waals surface area contributed by atoms with E-state index >= 15 is 0 Å². The summed E-state index contributed by atoms with van der Waals surface area (Å²) in [4.78, 5) is 2.40. The summed E-state index contributed by atoms with van der Waals surface area (Å²) in [6.07, 6.45) is -4.86. The van der Waals surface area contributed by atoms with Crippen LogP contribution in [0.15, 0.2) is 0 Å². The van der Waals surface area contributed by atoms with Gasteiger partial charge < -0.3 is 0 Å². The minimum Gasteiger partial charge on any atom is -0.244 e. The molecule has 0 aliphatic rings. The number of hydrogen-bond donors (Lipinski definition) is 1. The minimum atomic E-state index is -4.86. The molecule has 0 fully saturated rings. The molecule has 0 aromatic heterocycles. The lowest BCUT2D eigenvalue weighted by molar-refractivity contribution is -0.464. The zero-order valence-electron chi connectivity index (χ0n) is 3.45. The number of alkyl halides is 3. The van der Waals surface area contributed by atoms with Crippen LogP contribution < -0.4 is 0 Å². The van der Waals surface area contributed by atoms with Crippen molar-refractivity contribution in [3.05, 3.63) is 0 Å². The van der Waals surface area contributed by atoms with E-state index in [-0.39, 0.29) is 0 Å². The van der Waals surface area contributed by atoms with Gasteiger partial charge in [0.05, 0.1) is 0 Å². The molecule has 0 radical (unpaired) electrons. The van der Waals surface area contributed by atoms with Gasteiger partial charge in [-0.15, -0.1) is 18.1 Å². The van der Waals surface area contributed by atoms with Crippen LogP contribution in [-0.2, 0) is 4.89 Å². The predicted octanol–water partition coefficient (Wildman–Crippen LogP) is 0.996. The molecule has 0 aliphatic heterocycles. The van der Waals surface area contributed by atoms with E-state index in [9.17, 15) is 13.2 Å². The van der Waals surface area contributed by atoms with Gasteiger partial charge in [-0.05, 0) is 0 Å². The first-order valence-electron chi connectivity index (χ1n) is 1.35. The molecule has 6 heavy (non-hydrogen) atoms. The van der Waals surface area contributed by atoms with Gasteiger partial charge in [0.15, 0.2) is 0 Å². The summed E-state index contributed by atoms with van der Waals surface area (Å²) in [7, 11) is 0. The summed E-state index contributed by atoms with van der Waals surface area (Å²) in [5, 5.41) is 2.53. The molecule has 0 spiro atoms. The molecule has 0 aromatic rings. The van der Waals surface area contributed by atoms with Gasteiger partial charge in [0.2, 0.25) is 0 Å². The van der Waals surface area contributed by atoms with E-state index < -0.39 is 6.36 Å². The van der Waals surface area contributed by atoms with Gasteiger partial charge in [0.1, 0.15) is 0 Å². The number of halogens is 3. The molecule has 0 heterocycles. The van der Waals surface area contributed by atoms with Crippen LogP contribution >= 0.6 is 0 Å². The quantitative estimate of drug-likeness (QED) is 0.396. The SMILES string of the molecule is [2H]OOC(F)(F)F. The summed E-state index contributed by atoms with van der Waals surface area (Å²) < 4.78 is 37.2. The Kier molecular flexibility index (Phi) is 0.932. The third-order valence-corrected chi connectivity index (χ3v) is 0.0945. The van der Waals surface area contributed by atoms with Crippen LogP contribution in [0.25, 0.3) is 1.43 Å². The second-order valence-electron chi connectivity index (χ2n) is 0.529. The first-order chi connectivity index (χ1) is 3.06.